The molecule has 8 aliphatic rings. The zero-order valence-corrected chi connectivity index (χ0v) is 18.7. The van der Waals surface area contributed by atoms with E-state index in [9.17, 15) is 5.11 Å². The van der Waals surface area contributed by atoms with Gasteiger partial charge in [-0.1, -0.05) is 0 Å². The Hall–Kier alpha value is -0.540. The third-order valence-electron chi connectivity index (χ3n) is 10.8. The van der Waals surface area contributed by atoms with Crippen molar-refractivity contribution >= 4 is 11.3 Å². The summed E-state index contributed by atoms with van der Waals surface area (Å²) in [6.07, 6.45) is 16.3. The Balaban J connectivity index is 1.43. The molecular formula is C26H36O2S. The van der Waals surface area contributed by atoms with Crippen LogP contribution < -0.4 is 4.74 Å². The third kappa shape index (κ3) is 2.22. The van der Waals surface area contributed by atoms with Crippen LogP contribution >= 0.6 is 11.3 Å². The molecule has 158 valence electrons. The highest BCUT2D eigenvalue weighted by Gasteiger charge is 2.71. The SMILES string of the molecule is COc1ccsc1C(O)(C12CC3CC(CC(C3)C1)C2)C12CC3CC(CC(C3)C1)C2. The first-order valence-electron chi connectivity index (χ1n) is 12.4. The topological polar surface area (TPSA) is 29.5 Å². The smallest absolute Gasteiger partial charge is 0.135 e. The van der Waals surface area contributed by atoms with Crippen LogP contribution in [0.2, 0.25) is 0 Å². The Labute approximate surface area is 179 Å². The first-order chi connectivity index (χ1) is 14.0. The lowest BCUT2D eigenvalue weighted by molar-refractivity contribution is -0.276. The summed E-state index contributed by atoms with van der Waals surface area (Å²) in [6.45, 7) is 0. The minimum Gasteiger partial charge on any atom is -0.495 e. The lowest BCUT2D eigenvalue weighted by Gasteiger charge is -2.70. The molecule has 1 aromatic heterocycles. The first-order valence-corrected chi connectivity index (χ1v) is 13.2. The number of thiophene rings is 1. The molecule has 8 aliphatic carbocycles. The molecule has 9 rings (SSSR count). The molecule has 1 aromatic rings. The van der Waals surface area contributed by atoms with E-state index in [0.29, 0.717) is 0 Å². The Morgan fingerprint density at radius 3 is 1.52 bits per heavy atom. The summed E-state index contributed by atoms with van der Waals surface area (Å²) in [5.74, 6) is 6.19. The molecule has 0 aliphatic heterocycles. The van der Waals surface area contributed by atoms with Crippen molar-refractivity contribution in [3.05, 3.63) is 16.3 Å². The highest BCUT2D eigenvalue weighted by Crippen LogP contribution is 2.76. The van der Waals surface area contributed by atoms with Gasteiger partial charge in [-0.2, -0.15) is 0 Å². The van der Waals surface area contributed by atoms with Gasteiger partial charge < -0.3 is 9.84 Å². The number of hydrogen-bond donors (Lipinski definition) is 1. The van der Waals surface area contributed by atoms with Crippen LogP contribution in [0.1, 0.15) is 81.9 Å². The van der Waals surface area contributed by atoms with Crippen LogP contribution in [-0.2, 0) is 5.60 Å². The van der Waals surface area contributed by atoms with Gasteiger partial charge >= 0.3 is 0 Å². The molecule has 0 amide bonds. The van der Waals surface area contributed by atoms with Crippen LogP contribution in [0.15, 0.2) is 11.4 Å². The van der Waals surface area contributed by atoms with Crippen molar-refractivity contribution in [2.75, 3.05) is 7.11 Å². The van der Waals surface area contributed by atoms with Gasteiger partial charge in [0.25, 0.3) is 0 Å². The van der Waals surface area contributed by atoms with Crippen LogP contribution in [0.3, 0.4) is 0 Å². The highest BCUT2D eigenvalue weighted by atomic mass is 32.1. The van der Waals surface area contributed by atoms with Gasteiger partial charge in [0.05, 0.1) is 12.0 Å². The van der Waals surface area contributed by atoms with Crippen LogP contribution in [-0.4, -0.2) is 12.2 Å². The van der Waals surface area contributed by atoms with Gasteiger partial charge in [0.1, 0.15) is 11.4 Å². The van der Waals surface area contributed by atoms with Gasteiger partial charge in [0.2, 0.25) is 0 Å². The summed E-state index contributed by atoms with van der Waals surface area (Å²) in [5, 5.41) is 15.5. The zero-order chi connectivity index (χ0) is 19.4. The van der Waals surface area contributed by atoms with Crippen LogP contribution in [0.25, 0.3) is 0 Å². The lowest BCUT2D eigenvalue weighted by Crippen LogP contribution is -2.66. The summed E-state index contributed by atoms with van der Waals surface area (Å²) in [7, 11) is 1.81. The predicted molar refractivity (Wildman–Crippen MR) is 116 cm³/mol. The quantitative estimate of drug-likeness (QED) is 0.622. The molecule has 1 N–H and O–H groups in total. The molecule has 0 aromatic carbocycles. The Bertz CT molecular complexity index is 708. The van der Waals surface area contributed by atoms with Gasteiger partial charge in [-0.05, 0) is 124 Å². The maximum absolute atomic E-state index is 13.3. The predicted octanol–water partition coefficient (Wildman–Crippen LogP) is 6.38. The summed E-state index contributed by atoms with van der Waals surface area (Å²) < 4.78 is 5.91. The average Bonchev–Trinajstić information content (AvgIpc) is 3.14. The number of methoxy groups -OCH3 is 1. The second kappa shape index (κ2) is 5.82. The fourth-order valence-corrected chi connectivity index (χ4v) is 12.1. The molecule has 0 spiro atoms. The van der Waals surface area contributed by atoms with Crippen molar-refractivity contribution in [1.29, 1.82) is 0 Å². The average molecular weight is 413 g/mol. The summed E-state index contributed by atoms with van der Waals surface area (Å²) in [5.41, 5.74) is -0.470. The minimum absolute atomic E-state index is 0.103. The van der Waals surface area contributed by atoms with E-state index in [4.69, 9.17) is 4.74 Å². The van der Waals surface area contributed by atoms with E-state index >= 15 is 0 Å². The standard InChI is InChI=1S/C26H36O2S/c1-28-22-2-3-29-23(22)26(27,24-10-16-4-17(11-24)6-18(5-16)12-24)25-13-19-7-20(14-25)9-21(8-19)15-25/h2-3,16-21,27H,4-15H2,1H3. The normalized spacial score (nSPS) is 51.4. The van der Waals surface area contributed by atoms with Crippen LogP contribution in [0.4, 0.5) is 0 Å². The summed E-state index contributed by atoms with van der Waals surface area (Å²) in [6, 6.07) is 2.13. The first kappa shape index (κ1) is 18.1. The van der Waals surface area contributed by atoms with E-state index in [1.807, 2.05) is 7.11 Å². The monoisotopic (exact) mass is 412 g/mol. The Morgan fingerprint density at radius 2 is 1.17 bits per heavy atom. The van der Waals surface area contributed by atoms with E-state index < -0.39 is 5.60 Å². The largest absolute Gasteiger partial charge is 0.495 e. The Kier molecular flexibility index (Phi) is 3.63. The molecule has 0 unspecified atom stereocenters. The fourth-order valence-electron chi connectivity index (χ4n) is 10.9. The summed E-state index contributed by atoms with van der Waals surface area (Å²) in [4.78, 5) is 1.21. The molecule has 8 fully saturated rings. The molecule has 1 heterocycles. The summed E-state index contributed by atoms with van der Waals surface area (Å²) >= 11 is 1.80. The van der Waals surface area contributed by atoms with Crippen molar-refractivity contribution in [3.63, 3.8) is 0 Å². The maximum atomic E-state index is 13.3. The van der Waals surface area contributed by atoms with Gasteiger partial charge in [0.15, 0.2) is 0 Å². The number of rotatable bonds is 4. The Morgan fingerprint density at radius 1 is 0.793 bits per heavy atom. The minimum atomic E-state index is -0.675. The van der Waals surface area contributed by atoms with Gasteiger partial charge in [-0.15, -0.1) is 11.3 Å². The van der Waals surface area contributed by atoms with Crippen LogP contribution in [0, 0.1) is 46.3 Å². The van der Waals surface area contributed by atoms with E-state index in [1.165, 1.54) is 81.9 Å². The third-order valence-corrected chi connectivity index (χ3v) is 11.8. The molecule has 29 heavy (non-hydrogen) atoms. The van der Waals surface area contributed by atoms with Crippen molar-refractivity contribution in [3.8, 4) is 5.75 Å². The fraction of sp³-hybridized carbons (Fsp3) is 0.846. The molecule has 2 nitrogen and oxygen atoms in total. The molecule has 8 saturated carbocycles. The molecule has 0 saturated heterocycles. The lowest BCUT2D eigenvalue weighted by atomic mass is 9.36. The molecule has 0 radical (unpaired) electrons. The molecule has 3 heteroatoms. The molecule has 8 bridgehead atoms. The molecular weight excluding hydrogens is 376 g/mol. The van der Waals surface area contributed by atoms with Crippen LogP contribution in [0.5, 0.6) is 5.75 Å². The van der Waals surface area contributed by atoms with E-state index in [-0.39, 0.29) is 10.8 Å². The van der Waals surface area contributed by atoms with E-state index in [0.717, 1.165) is 41.3 Å². The van der Waals surface area contributed by atoms with Crippen molar-refractivity contribution in [2.45, 2.75) is 82.7 Å². The number of aliphatic hydroxyl groups is 1. The van der Waals surface area contributed by atoms with Gasteiger partial charge in [0, 0.05) is 10.8 Å². The zero-order valence-electron chi connectivity index (χ0n) is 17.9. The van der Waals surface area contributed by atoms with Crippen molar-refractivity contribution < 1.29 is 9.84 Å². The van der Waals surface area contributed by atoms with E-state index in [1.54, 1.807) is 11.3 Å². The highest BCUT2D eigenvalue weighted by molar-refractivity contribution is 7.10. The number of hydrogen-bond acceptors (Lipinski definition) is 3. The van der Waals surface area contributed by atoms with Crippen molar-refractivity contribution in [1.82, 2.24) is 0 Å². The van der Waals surface area contributed by atoms with Gasteiger partial charge in [-0.3, -0.25) is 0 Å². The second-order valence-electron chi connectivity index (χ2n) is 12.4. The molecule has 0 atom stereocenters. The number of ether oxygens (including phenoxy) is 1. The maximum Gasteiger partial charge on any atom is 0.135 e. The van der Waals surface area contributed by atoms with Gasteiger partial charge in [-0.25, -0.2) is 0 Å². The van der Waals surface area contributed by atoms with E-state index in [2.05, 4.69) is 11.4 Å². The second-order valence-corrected chi connectivity index (χ2v) is 13.3. The van der Waals surface area contributed by atoms with Crippen molar-refractivity contribution in [2.24, 2.45) is 46.3 Å².